The number of carbonyl (C=O) groups is 1. The van der Waals surface area contributed by atoms with Gasteiger partial charge in [-0.3, -0.25) is 14.6 Å². The number of amides is 1. The number of halogens is 3. The summed E-state index contributed by atoms with van der Waals surface area (Å²) in [7, 11) is 0. The average molecular weight is 464 g/mol. The first-order chi connectivity index (χ1) is 15.9. The van der Waals surface area contributed by atoms with Crippen LogP contribution in [-0.2, 0) is 0 Å². The minimum absolute atomic E-state index is 0.279. The number of likely N-dealkylation sites (tertiary alicyclic amines) is 1. The predicted molar refractivity (Wildman–Crippen MR) is 119 cm³/mol. The van der Waals surface area contributed by atoms with E-state index in [9.17, 15) is 18.0 Å². The van der Waals surface area contributed by atoms with E-state index in [0.29, 0.717) is 30.0 Å². The summed E-state index contributed by atoms with van der Waals surface area (Å²) in [5.41, 5.74) is 1.94. The minimum Gasteiger partial charge on any atom is -0.406 e. The number of rotatable bonds is 5. The molecule has 4 atom stereocenters. The Bertz CT molecular complexity index is 886. The number of hydrogen-bond donors (Lipinski definition) is 1. The van der Waals surface area contributed by atoms with Crippen LogP contribution in [0.5, 0.6) is 5.75 Å². The molecule has 3 heterocycles. The molecule has 3 fully saturated rings. The van der Waals surface area contributed by atoms with Gasteiger partial charge in [0.05, 0.1) is 0 Å². The second-order valence-corrected chi connectivity index (χ2v) is 9.87. The molecule has 180 valence electrons. The maximum absolute atomic E-state index is 12.5. The second-order valence-electron chi connectivity index (χ2n) is 9.87. The largest absolute Gasteiger partial charge is 0.573 e. The Morgan fingerprint density at radius 1 is 1.12 bits per heavy atom. The van der Waals surface area contributed by atoms with Crippen molar-refractivity contribution in [2.75, 3.05) is 32.7 Å². The van der Waals surface area contributed by atoms with Crippen LogP contribution in [-0.4, -0.2) is 66.9 Å². The molecule has 4 aliphatic rings. The fourth-order valence-corrected chi connectivity index (χ4v) is 6.56. The summed E-state index contributed by atoms with van der Waals surface area (Å²) in [6.45, 7) is 4.78. The highest BCUT2D eigenvalue weighted by atomic mass is 19.4. The molecule has 2 bridgehead atoms. The maximum atomic E-state index is 12.5. The van der Waals surface area contributed by atoms with Crippen LogP contribution in [0.4, 0.5) is 13.2 Å². The summed E-state index contributed by atoms with van der Waals surface area (Å²) >= 11 is 0. The van der Waals surface area contributed by atoms with Crippen molar-refractivity contribution in [3.05, 3.63) is 41.5 Å². The average Bonchev–Trinajstić information content (AvgIpc) is 2.78. The third kappa shape index (κ3) is 5.06. The number of nitrogens with zero attached hydrogens (tertiary/aromatic N) is 2. The molecule has 0 radical (unpaired) electrons. The number of benzene rings is 1. The molecule has 1 amide bonds. The molecule has 3 saturated heterocycles. The van der Waals surface area contributed by atoms with Crippen LogP contribution in [0.2, 0.25) is 0 Å². The first-order valence-electron chi connectivity index (χ1n) is 12.2. The summed E-state index contributed by atoms with van der Waals surface area (Å²) in [4.78, 5) is 17.8. The Labute approximate surface area is 192 Å². The van der Waals surface area contributed by atoms with E-state index in [1.54, 1.807) is 5.57 Å². The van der Waals surface area contributed by atoms with E-state index in [0.717, 1.165) is 25.6 Å². The normalized spacial score (nSPS) is 30.1. The van der Waals surface area contributed by atoms with Gasteiger partial charge in [-0.05, 0) is 81.3 Å². The van der Waals surface area contributed by atoms with Gasteiger partial charge in [-0.25, -0.2) is 0 Å². The number of carbonyl (C=O) groups excluding carboxylic acids is 1. The number of nitrogens with one attached hydrogen (secondary N) is 1. The highest BCUT2D eigenvalue weighted by molar-refractivity contribution is 5.94. The number of ether oxygens (including phenoxy) is 1. The van der Waals surface area contributed by atoms with E-state index >= 15 is 0 Å². The van der Waals surface area contributed by atoms with Crippen molar-refractivity contribution in [1.29, 1.82) is 0 Å². The molecule has 0 unspecified atom stereocenters. The van der Waals surface area contributed by atoms with Crippen molar-refractivity contribution < 1.29 is 22.7 Å². The van der Waals surface area contributed by atoms with Gasteiger partial charge in [0.25, 0.3) is 5.91 Å². The lowest BCUT2D eigenvalue weighted by Gasteiger charge is -2.54. The van der Waals surface area contributed by atoms with Crippen molar-refractivity contribution in [2.45, 2.75) is 57.0 Å². The second kappa shape index (κ2) is 9.29. The molecule has 1 aromatic rings. The lowest BCUT2D eigenvalue weighted by Crippen LogP contribution is -2.59. The van der Waals surface area contributed by atoms with Crippen LogP contribution in [0, 0.1) is 11.8 Å². The molecule has 0 spiro atoms. The molecule has 1 aliphatic carbocycles. The first kappa shape index (κ1) is 22.7. The van der Waals surface area contributed by atoms with Gasteiger partial charge in [0, 0.05) is 37.3 Å². The zero-order valence-corrected chi connectivity index (χ0v) is 18.8. The quantitative estimate of drug-likeness (QED) is 0.665. The Morgan fingerprint density at radius 3 is 2.73 bits per heavy atom. The Morgan fingerprint density at radius 2 is 1.94 bits per heavy atom. The summed E-state index contributed by atoms with van der Waals surface area (Å²) in [5, 5.41) is 2.94. The molecule has 3 aliphatic heterocycles. The van der Waals surface area contributed by atoms with Crippen molar-refractivity contribution >= 4 is 5.91 Å². The number of piperidine rings is 3. The smallest absolute Gasteiger partial charge is 0.406 e. The number of fused-ring (bicyclic) bond motifs is 6. The van der Waals surface area contributed by atoms with Gasteiger partial charge in [0.1, 0.15) is 5.75 Å². The Balaban J connectivity index is 1.17. The molecular formula is C25H32F3N3O2. The van der Waals surface area contributed by atoms with E-state index in [2.05, 4.69) is 25.9 Å². The summed E-state index contributed by atoms with van der Waals surface area (Å²) in [6, 6.07) is 6.27. The molecule has 8 heteroatoms. The Hall–Kier alpha value is -2.06. The van der Waals surface area contributed by atoms with E-state index in [1.807, 2.05) is 0 Å². The van der Waals surface area contributed by atoms with Crippen molar-refractivity contribution in [3.8, 4) is 5.75 Å². The van der Waals surface area contributed by atoms with Crippen LogP contribution >= 0.6 is 0 Å². The molecule has 33 heavy (non-hydrogen) atoms. The summed E-state index contributed by atoms with van der Waals surface area (Å²) < 4.78 is 40.8. The third-order valence-electron chi connectivity index (χ3n) is 7.80. The van der Waals surface area contributed by atoms with Gasteiger partial charge in [0.15, 0.2) is 0 Å². The predicted octanol–water partition coefficient (Wildman–Crippen LogP) is 4.21. The standard InChI is InChI=1S/C25H32F3N3O2/c26-25(27,28)33-21-8-6-17(7-9-21)24(32)29-10-13-30-12-3-4-18-14-19-15-20(23(18)30)16-31-11-2-1-5-22(19)31/h6-9,14,19-20,22-23H,1-5,10-13,15-16H2,(H,29,32)/t19-,20+,22-,23-/m1/s1. The molecule has 5 rings (SSSR count). The summed E-state index contributed by atoms with van der Waals surface area (Å²) in [6.07, 6.45) is 5.51. The highest BCUT2D eigenvalue weighted by Crippen LogP contribution is 2.44. The number of hydrogen-bond acceptors (Lipinski definition) is 4. The van der Waals surface area contributed by atoms with Crippen LogP contribution in [0.1, 0.15) is 48.9 Å². The molecular weight excluding hydrogens is 431 g/mol. The van der Waals surface area contributed by atoms with Gasteiger partial charge in [-0.15, -0.1) is 13.2 Å². The van der Waals surface area contributed by atoms with Gasteiger partial charge in [-0.2, -0.15) is 0 Å². The van der Waals surface area contributed by atoms with E-state index in [-0.39, 0.29) is 11.7 Å². The summed E-state index contributed by atoms with van der Waals surface area (Å²) in [5.74, 6) is 0.769. The van der Waals surface area contributed by atoms with E-state index in [1.165, 1.54) is 69.5 Å². The maximum Gasteiger partial charge on any atom is 0.573 e. The molecule has 0 saturated carbocycles. The van der Waals surface area contributed by atoms with Gasteiger partial charge < -0.3 is 10.1 Å². The van der Waals surface area contributed by atoms with Gasteiger partial charge >= 0.3 is 6.36 Å². The van der Waals surface area contributed by atoms with E-state index < -0.39 is 6.36 Å². The fourth-order valence-electron chi connectivity index (χ4n) is 6.56. The van der Waals surface area contributed by atoms with Crippen molar-refractivity contribution in [1.82, 2.24) is 15.1 Å². The monoisotopic (exact) mass is 463 g/mol. The fraction of sp³-hybridized carbons (Fsp3) is 0.640. The van der Waals surface area contributed by atoms with Crippen molar-refractivity contribution in [2.24, 2.45) is 11.8 Å². The first-order valence-corrected chi connectivity index (χ1v) is 12.2. The van der Waals surface area contributed by atoms with Crippen molar-refractivity contribution in [3.63, 3.8) is 0 Å². The highest BCUT2D eigenvalue weighted by Gasteiger charge is 2.45. The zero-order valence-electron chi connectivity index (χ0n) is 18.8. The SMILES string of the molecule is O=C(NCCN1CCCC2=C[C@@H]3C[C@@H](CN4CCCC[C@H]34)[C@@H]21)c1ccc(OC(F)(F)F)cc1. The van der Waals surface area contributed by atoms with Crippen LogP contribution in [0.3, 0.4) is 0 Å². The molecule has 1 aromatic carbocycles. The molecule has 1 N–H and O–H groups in total. The van der Waals surface area contributed by atoms with Crippen LogP contribution in [0.15, 0.2) is 35.9 Å². The third-order valence-corrected chi connectivity index (χ3v) is 7.80. The Kier molecular flexibility index (Phi) is 6.40. The van der Waals surface area contributed by atoms with Gasteiger partial charge in [-0.1, -0.05) is 18.1 Å². The minimum atomic E-state index is -4.74. The zero-order chi connectivity index (χ0) is 23.0. The molecule has 5 nitrogen and oxygen atoms in total. The van der Waals surface area contributed by atoms with Gasteiger partial charge in [0.2, 0.25) is 0 Å². The van der Waals surface area contributed by atoms with Crippen LogP contribution < -0.4 is 10.1 Å². The van der Waals surface area contributed by atoms with Crippen LogP contribution in [0.25, 0.3) is 0 Å². The van der Waals surface area contributed by atoms with E-state index in [4.69, 9.17) is 0 Å². The molecule has 0 aromatic heterocycles. The lowest BCUT2D eigenvalue weighted by atomic mass is 9.68. The topological polar surface area (TPSA) is 44.8 Å². The number of alkyl halides is 3. The lowest BCUT2D eigenvalue weighted by molar-refractivity contribution is -0.274.